The highest BCUT2D eigenvalue weighted by Crippen LogP contribution is 2.24. The van der Waals surface area contributed by atoms with Gasteiger partial charge in [0.1, 0.15) is 0 Å². The van der Waals surface area contributed by atoms with Gasteiger partial charge in [0.15, 0.2) is 15.8 Å². The fraction of sp³-hybridized carbons (Fsp3) is 0.579. The molecule has 0 radical (unpaired) electrons. The topological polar surface area (TPSA) is 90.9 Å². The maximum Gasteiger partial charge on any atom is 0.226 e. The fourth-order valence-electron chi connectivity index (χ4n) is 2.95. The van der Waals surface area contributed by atoms with Gasteiger partial charge in [-0.25, -0.2) is 8.42 Å². The molecule has 0 saturated carbocycles. The van der Waals surface area contributed by atoms with E-state index in [0.29, 0.717) is 42.8 Å². The molecule has 0 atom stereocenters. The number of aliphatic imine (C=N–C) groups is 1. The van der Waals surface area contributed by atoms with E-state index in [0.717, 1.165) is 5.56 Å². The van der Waals surface area contributed by atoms with Crippen LogP contribution < -0.4 is 10.6 Å². The van der Waals surface area contributed by atoms with Crippen LogP contribution in [0.5, 0.6) is 0 Å². The maximum atomic E-state index is 12.2. The molecule has 7 nitrogen and oxygen atoms in total. The Balaban J connectivity index is 1.98. The molecule has 1 fully saturated rings. The molecule has 0 spiro atoms. The van der Waals surface area contributed by atoms with Crippen molar-refractivity contribution in [2.24, 2.45) is 4.99 Å². The van der Waals surface area contributed by atoms with E-state index in [2.05, 4.69) is 15.6 Å². The third-order valence-corrected chi connectivity index (χ3v) is 7.52. The van der Waals surface area contributed by atoms with Gasteiger partial charge in [-0.1, -0.05) is 17.7 Å². The van der Waals surface area contributed by atoms with Crippen molar-refractivity contribution >= 4 is 39.0 Å². The Morgan fingerprint density at radius 2 is 2.07 bits per heavy atom. The molecule has 1 aromatic rings. The number of carbonyl (C=O) groups excluding carboxylic acids is 1. The zero-order valence-corrected chi connectivity index (χ0v) is 18.5. The highest BCUT2D eigenvalue weighted by Gasteiger charge is 2.40. The number of aryl methyl sites for hydroxylation is 1. The molecule has 1 aliphatic heterocycles. The van der Waals surface area contributed by atoms with Gasteiger partial charge in [-0.05, 0) is 45.4 Å². The number of nitrogens with one attached hydrogen (secondary N) is 2. The lowest BCUT2D eigenvalue weighted by atomic mass is 10.2. The lowest BCUT2D eigenvalue weighted by Crippen LogP contribution is -2.57. The van der Waals surface area contributed by atoms with Crippen molar-refractivity contribution < 1.29 is 13.2 Å². The molecule has 1 heterocycles. The number of sulfone groups is 1. The Labute approximate surface area is 172 Å². The molecule has 2 rings (SSSR count). The highest BCUT2D eigenvalue weighted by molar-refractivity contribution is 7.92. The molecule has 1 saturated heterocycles. The van der Waals surface area contributed by atoms with Crippen LogP contribution in [0.1, 0.15) is 32.8 Å². The van der Waals surface area contributed by atoms with Crippen molar-refractivity contribution in [2.75, 3.05) is 37.2 Å². The molecule has 2 N–H and O–H groups in total. The summed E-state index contributed by atoms with van der Waals surface area (Å²) in [5.74, 6) is 0.551. The zero-order valence-electron chi connectivity index (χ0n) is 16.9. The smallest absolute Gasteiger partial charge is 0.226 e. The number of guanidine groups is 1. The van der Waals surface area contributed by atoms with Gasteiger partial charge in [-0.3, -0.25) is 9.79 Å². The molecule has 1 amide bonds. The summed E-state index contributed by atoms with van der Waals surface area (Å²) in [6.45, 7) is 9.06. The second kappa shape index (κ2) is 9.13. The van der Waals surface area contributed by atoms with Crippen LogP contribution in [0.25, 0.3) is 0 Å². The van der Waals surface area contributed by atoms with Crippen molar-refractivity contribution in [1.29, 1.82) is 0 Å². The zero-order chi connectivity index (χ0) is 20.9. The first kappa shape index (κ1) is 22.5. The molecule has 0 aromatic heterocycles. The van der Waals surface area contributed by atoms with Gasteiger partial charge >= 0.3 is 0 Å². The highest BCUT2D eigenvalue weighted by atomic mass is 35.5. The van der Waals surface area contributed by atoms with E-state index in [1.54, 1.807) is 26.0 Å². The van der Waals surface area contributed by atoms with Gasteiger partial charge in [0.05, 0.1) is 27.8 Å². The minimum Gasteiger partial charge on any atom is -0.357 e. The number of halogens is 1. The van der Waals surface area contributed by atoms with Gasteiger partial charge in [0.2, 0.25) is 5.91 Å². The van der Waals surface area contributed by atoms with Crippen LogP contribution in [-0.2, 0) is 14.6 Å². The van der Waals surface area contributed by atoms with Crippen molar-refractivity contribution in [3.63, 3.8) is 0 Å². The Morgan fingerprint density at radius 1 is 1.36 bits per heavy atom. The van der Waals surface area contributed by atoms with Crippen molar-refractivity contribution in [3.8, 4) is 0 Å². The van der Waals surface area contributed by atoms with Crippen molar-refractivity contribution in [3.05, 3.63) is 28.8 Å². The van der Waals surface area contributed by atoms with Crippen LogP contribution in [0.15, 0.2) is 23.2 Å². The third-order valence-electron chi connectivity index (χ3n) is 4.68. The summed E-state index contributed by atoms with van der Waals surface area (Å²) in [4.78, 5) is 18.7. The van der Waals surface area contributed by atoms with Gasteiger partial charge in [-0.15, -0.1) is 0 Å². The number of hydrogen-bond acceptors (Lipinski definition) is 4. The van der Waals surface area contributed by atoms with Crippen LogP contribution in [0, 0.1) is 6.92 Å². The molecule has 1 aliphatic rings. The van der Waals surface area contributed by atoms with Crippen LogP contribution in [0.4, 0.5) is 5.69 Å². The van der Waals surface area contributed by atoms with E-state index in [1.807, 2.05) is 24.8 Å². The third kappa shape index (κ3) is 5.61. The van der Waals surface area contributed by atoms with Gasteiger partial charge in [-0.2, -0.15) is 0 Å². The van der Waals surface area contributed by atoms with E-state index in [-0.39, 0.29) is 18.1 Å². The fourth-order valence-corrected chi connectivity index (χ4v) is 4.60. The van der Waals surface area contributed by atoms with E-state index < -0.39 is 14.6 Å². The summed E-state index contributed by atoms with van der Waals surface area (Å²) in [5, 5.41) is 6.48. The number of rotatable bonds is 5. The van der Waals surface area contributed by atoms with Crippen LogP contribution >= 0.6 is 11.6 Å². The number of anilines is 1. The molecule has 0 aliphatic carbocycles. The molecule has 9 heteroatoms. The number of carbonyl (C=O) groups is 1. The van der Waals surface area contributed by atoms with E-state index in [4.69, 9.17) is 11.6 Å². The average Bonchev–Trinajstić information content (AvgIpc) is 2.59. The standard InChI is InChI=1S/C19H29ClN4O3S/c1-5-21-18(24-10-11-28(26,27)19(3,4)13-24)22-9-8-17(25)23-16-7-6-14(2)12-15(16)20/h6-7,12H,5,8-11,13H2,1-4H3,(H,21,22)(H,23,25). The summed E-state index contributed by atoms with van der Waals surface area (Å²) in [6, 6.07) is 5.46. The Hall–Kier alpha value is -1.80. The molecule has 156 valence electrons. The predicted octanol–water partition coefficient (Wildman–Crippen LogP) is 2.45. The Bertz CT molecular complexity index is 853. The van der Waals surface area contributed by atoms with Crippen LogP contribution in [-0.4, -0.2) is 61.9 Å². The van der Waals surface area contributed by atoms with Crippen LogP contribution in [0.3, 0.4) is 0 Å². The monoisotopic (exact) mass is 428 g/mol. The van der Waals surface area contributed by atoms with Gasteiger partial charge < -0.3 is 15.5 Å². The minimum absolute atomic E-state index is 0.0941. The van der Waals surface area contributed by atoms with Crippen LogP contribution in [0.2, 0.25) is 5.02 Å². The maximum absolute atomic E-state index is 12.2. The largest absolute Gasteiger partial charge is 0.357 e. The molecular weight excluding hydrogens is 400 g/mol. The second-order valence-electron chi connectivity index (χ2n) is 7.52. The van der Waals surface area contributed by atoms with E-state index in [1.165, 1.54) is 0 Å². The summed E-state index contributed by atoms with van der Waals surface area (Å²) >= 11 is 6.14. The Kier molecular flexibility index (Phi) is 7.33. The summed E-state index contributed by atoms with van der Waals surface area (Å²) in [5.41, 5.74) is 1.60. The first-order chi connectivity index (χ1) is 13.1. The predicted molar refractivity (Wildman–Crippen MR) is 115 cm³/mol. The van der Waals surface area contributed by atoms with Gasteiger partial charge in [0, 0.05) is 26.1 Å². The number of nitrogens with zero attached hydrogens (tertiary/aromatic N) is 2. The van der Waals surface area contributed by atoms with Gasteiger partial charge in [0.25, 0.3) is 0 Å². The second-order valence-corrected chi connectivity index (χ2v) is 10.7. The number of hydrogen-bond donors (Lipinski definition) is 2. The molecular formula is C19H29ClN4O3S. The molecule has 28 heavy (non-hydrogen) atoms. The van der Waals surface area contributed by atoms with E-state index in [9.17, 15) is 13.2 Å². The normalized spacial score (nSPS) is 18.6. The molecule has 0 bridgehead atoms. The van der Waals surface area contributed by atoms with Crippen molar-refractivity contribution in [1.82, 2.24) is 10.2 Å². The summed E-state index contributed by atoms with van der Waals surface area (Å²) in [7, 11) is -3.12. The first-order valence-corrected chi connectivity index (χ1v) is 11.4. The Morgan fingerprint density at radius 3 is 2.68 bits per heavy atom. The first-order valence-electron chi connectivity index (χ1n) is 9.37. The minimum atomic E-state index is -3.12. The molecule has 0 unspecified atom stereocenters. The summed E-state index contributed by atoms with van der Waals surface area (Å²) in [6.07, 6.45) is 0.203. The van der Waals surface area contributed by atoms with Crippen molar-refractivity contribution in [2.45, 2.75) is 38.9 Å². The summed E-state index contributed by atoms with van der Waals surface area (Å²) < 4.78 is 23.6. The number of amides is 1. The lowest BCUT2D eigenvalue weighted by Gasteiger charge is -2.39. The lowest BCUT2D eigenvalue weighted by molar-refractivity contribution is -0.116. The average molecular weight is 429 g/mol. The van der Waals surface area contributed by atoms with E-state index >= 15 is 0 Å². The quantitative estimate of drug-likeness (QED) is 0.555. The molecule has 1 aromatic carbocycles. The SMILES string of the molecule is CCNC(=NCCC(=O)Nc1ccc(C)cc1Cl)N1CCS(=O)(=O)C(C)(C)C1. The number of benzene rings is 1.